The van der Waals surface area contributed by atoms with E-state index < -0.39 is 0 Å². The summed E-state index contributed by atoms with van der Waals surface area (Å²) in [5, 5.41) is 0.196. The van der Waals surface area contributed by atoms with Crippen LogP contribution < -0.4 is 0 Å². The summed E-state index contributed by atoms with van der Waals surface area (Å²) in [4.78, 5) is 32.4. The second kappa shape index (κ2) is 7.49. The molecule has 1 aliphatic rings. The minimum Gasteiger partial charge on any atom is -0.440 e. The van der Waals surface area contributed by atoms with Crippen molar-refractivity contribution in [2.75, 3.05) is 26.2 Å². The molecule has 0 aliphatic carbocycles. The first kappa shape index (κ1) is 16.5. The highest BCUT2D eigenvalue weighted by Crippen LogP contribution is 2.16. The van der Waals surface area contributed by atoms with Gasteiger partial charge >= 0.3 is 0 Å². The lowest BCUT2D eigenvalue weighted by Gasteiger charge is -2.21. The van der Waals surface area contributed by atoms with Gasteiger partial charge in [0.05, 0.1) is 6.42 Å². The van der Waals surface area contributed by atoms with Crippen LogP contribution >= 0.6 is 11.6 Å². The first-order chi connectivity index (χ1) is 11.6. The minimum atomic E-state index is -0.191. The third-order valence-corrected chi connectivity index (χ3v) is 4.20. The average Bonchev–Trinajstić information content (AvgIpc) is 2.87. The van der Waals surface area contributed by atoms with Crippen molar-refractivity contribution in [3.63, 3.8) is 0 Å². The molecule has 1 fully saturated rings. The van der Waals surface area contributed by atoms with Gasteiger partial charge in [0.15, 0.2) is 11.0 Å². The fourth-order valence-corrected chi connectivity index (χ4v) is 2.89. The van der Waals surface area contributed by atoms with Gasteiger partial charge in [0, 0.05) is 38.6 Å². The van der Waals surface area contributed by atoms with Crippen LogP contribution in [-0.4, -0.2) is 52.8 Å². The highest BCUT2D eigenvalue weighted by atomic mass is 35.5. The van der Waals surface area contributed by atoms with Crippen molar-refractivity contribution in [3.8, 4) is 0 Å². The molecule has 0 N–H and O–H groups in total. The fraction of sp³-hybridized carbons (Fsp3) is 0.353. The molecule has 126 valence electrons. The van der Waals surface area contributed by atoms with Gasteiger partial charge in [-0.25, -0.2) is 0 Å². The number of carbonyl (C=O) groups is 2. The predicted octanol–water partition coefficient (Wildman–Crippen LogP) is 2.25. The average molecular weight is 348 g/mol. The van der Waals surface area contributed by atoms with Crippen LogP contribution in [0.3, 0.4) is 0 Å². The van der Waals surface area contributed by atoms with Crippen molar-refractivity contribution in [1.29, 1.82) is 0 Å². The lowest BCUT2D eigenvalue weighted by molar-refractivity contribution is -0.130. The van der Waals surface area contributed by atoms with Gasteiger partial charge in [0.25, 0.3) is 5.91 Å². The molecule has 1 saturated heterocycles. The third-order valence-electron chi connectivity index (χ3n) is 4.00. The van der Waals surface area contributed by atoms with Crippen molar-refractivity contribution in [2.45, 2.75) is 12.8 Å². The molecule has 2 aromatic heterocycles. The molecule has 3 rings (SSSR count). The Hall–Kier alpha value is -2.34. The molecule has 0 atom stereocenters. The molecule has 0 spiro atoms. The summed E-state index contributed by atoms with van der Waals surface area (Å²) in [7, 11) is 0. The zero-order chi connectivity index (χ0) is 16.9. The van der Waals surface area contributed by atoms with Gasteiger partial charge in [0.2, 0.25) is 5.91 Å². The molecule has 1 aliphatic heterocycles. The maximum atomic E-state index is 12.4. The highest BCUT2D eigenvalue weighted by Gasteiger charge is 2.24. The number of hydrogen-bond donors (Lipinski definition) is 0. The van der Waals surface area contributed by atoms with E-state index in [-0.39, 0.29) is 22.8 Å². The first-order valence-corrected chi connectivity index (χ1v) is 8.22. The summed E-state index contributed by atoms with van der Waals surface area (Å²) in [6, 6.07) is 6.83. The molecule has 0 unspecified atom stereocenters. The number of nitrogens with zero attached hydrogens (tertiary/aromatic N) is 3. The van der Waals surface area contributed by atoms with Crippen LogP contribution in [0.2, 0.25) is 5.22 Å². The summed E-state index contributed by atoms with van der Waals surface area (Å²) in [5.74, 6) is 0.0944. The maximum Gasteiger partial charge on any atom is 0.289 e. The molecule has 2 aromatic rings. The van der Waals surface area contributed by atoms with Gasteiger partial charge < -0.3 is 14.2 Å². The van der Waals surface area contributed by atoms with Crippen molar-refractivity contribution < 1.29 is 14.0 Å². The molecule has 2 amide bonds. The van der Waals surface area contributed by atoms with E-state index >= 15 is 0 Å². The van der Waals surface area contributed by atoms with Crippen LogP contribution in [-0.2, 0) is 11.2 Å². The topological polar surface area (TPSA) is 66.7 Å². The normalized spacial score (nSPS) is 15.2. The summed E-state index contributed by atoms with van der Waals surface area (Å²) >= 11 is 5.72. The van der Waals surface area contributed by atoms with Gasteiger partial charge in [-0.2, -0.15) is 0 Å². The number of pyridine rings is 1. The highest BCUT2D eigenvalue weighted by molar-refractivity contribution is 6.29. The minimum absolute atomic E-state index is 0.0540. The third kappa shape index (κ3) is 3.94. The zero-order valence-corrected chi connectivity index (χ0v) is 13.9. The van der Waals surface area contributed by atoms with E-state index in [0.717, 1.165) is 12.0 Å². The number of carbonyl (C=O) groups excluding carboxylic acids is 2. The second-order valence-electron chi connectivity index (χ2n) is 5.67. The summed E-state index contributed by atoms with van der Waals surface area (Å²) < 4.78 is 5.18. The first-order valence-electron chi connectivity index (χ1n) is 7.85. The largest absolute Gasteiger partial charge is 0.440 e. The molecule has 7 heteroatoms. The predicted molar refractivity (Wildman–Crippen MR) is 88.8 cm³/mol. The van der Waals surface area contributed by atoms with Crippen LogP contribution in [0, 0.1) is 0 Å². The van der Waals surface area contributed by atoms with E-state index in [9.17, 15) is 9.59 Å². The van der Waals surface area contributed by atoms with Crippen LogP contribution in [0.15, 0.2) is 41.1 Å². The monoisotopic (exact) mass is 347 g/mol. The molecular formula is C17H18ClN3O3. The van der Waals surface area contributed by atoms with Crippen molar-refractivity contribution >= 4 is 23.4 Å². The van der Waals surface area contributed by atoms with E-state index in [1.807, 2.05) is 12.1 Å². The number of hydrogen-bond acceptors (Lipinski definition) is 4. The summed E-state index contributed by atoms with van der Waals surface area (Å²) in [5.41, 5.74) is 0.893. The van der Waals surface area contributed by atoms with Crippen LogP contribution in [0.25, 0.3) is 0 Å². The van der Waals surface area contributed by atoms with Gasteiger partial charge in [-0.15, -0.1) is 0 Å². The summed E-state index contributed by atoms with van der Waals surface area (Å²) in [6.45, 7) is 2.23. The Labute approximate surface area is 145 Å². The molecule has 6 nitrogen and oxygen atoms in total. The van der Waals surface area contributed by atoms with Crippen LogP contribution in [0.1, 0.15) is 22.5 Å². The number of amides is 2. The van der Waals surface area contributed by atoms with E-state index in [4.69, 9.17) is 16.0 Å². The van der Waals surface area contributed by atoms with Gasteiger partial charge in [-0.1, -0.05) is 6.07 Å². The van der Waals surface area contributed by atoms with Gasteiger partial charge in [0.1, 0.15) is 0 Å². The Bertz CT molecular complexity index is 717. The van der Waals surface area contributed by atoms with Crippen molar-refractivity contribution in [1.82, 2.24) is 14.8 Å². The van der Waals surface area contributed by atoms with Gasteiger partial charge in [-0.05, 0) is 41.8 Å². The standard InChI is InChI=1S/C17H18ClN3O3/c18-15-5-4-14(24-15)17(23)21-8-2-7-20(9-10-21)16(22)11-13-3-1-6-19-12-13/h1,3-6,12H,2,7-11H2. The smallest absolute Gasteiger partial charge is 0.289 e. The van der Waals surface area contributed by atoms with E-state index in [2.05, 4.69) is 4.98 Å². The zero-order valence-electron chi connectivity index (χ0n) is 13.2. The molecule has 0 radical (unpaired) electrons. The van der Waals surface area contributed by atoms with E-state index in [1.165, 1.54) is 0 Å². The molecular weight excluding hydrogens is 330 g/mol. The Kier molecular flexibility index (Phi) is 5.15. The van der Waals surface area contributed by atoms with Crippen molar-refractivity contribution in [2.24, 2.45) is 0 Å². The number of aromatic nitrogens is 1. The van der Waals surface area contributed by atoms with Gasteiger partial charge in [-0.3, -0.25) is 14.6 Å². The summed E-state index contributed by atoms with van der Waals surface area (Å²) in [6.07, 6.45) is 4.45. The second-order valence-corrected chi connectivity index (χ2v) is 6.04. The van der Waals surface area contributed by atoms with E-state index in [0.29, 0.717) is 32.6 Å². The number of halogens is 1. The maximum absolute atomic E-state index is 12.4. The molecule has 24 heavy (non-hydrogen) atoms. The fourth-order valence-electron chi connectivity index (χ4n) is 2.74. The van der Waals surface area contributed by atoms with Crippen LogP contribution in [0.4, 0.5) is 0 Å². The lowest BCUT2D eigenvalue weighted by Crippen LogP contribution is -2.37. The quantitative estimate of drug-likeness (QED) is 0.854. The number of rotatable bonds is 3. The molecule has 0 aromatic carbocycles. The lowest BCUT2D eigenvalue weighted by atomic mass is 10.2. The Morgan fingerprint density at radius 1 is 1.12 bits per heavy atom. The number of furan rings is 1. The molecule has 0 bridgehead atoms. The SMILES string of the molecule is O=C(Cc1cccnc1)N1CCCN(C(=O)c2ccc(Cl)o2)CC1. The van der Waals surface area contributed by atoms with Crippen molar-refractivity contribution in [3.05, 3.63) is 53.2 Å². The molecule has 0 saturated carbocycles. The molecule has 3 heterocycles. The Morgan fingerprint density at radius 3 is 2.62 bits per heavy atom. The van der Waals surface area contributed by atoms with Crippen LogP contribution in [0.5, 0.6) is 0 Å². The van der Waals surface area contributed by atoms with E-state index in [1.54, 1.807) is 34.3 Å². The Morgan fingerprint density at radius 2 is 1.92 bits per heavy atom. The Balaban J connectivity index is 1.58.